The molecule has 19 heavy (non-hydrogen) atoms. The fourth-order valence-electron chi connectivity index (χ4n) is 2.83. The Kier molecular flexibility index (Phi) is 3.89. The highest BCUT2D eigenvalue weighted by Crippen LogP contribution is 2.39. The summed E-state index contributed by atoms with van der Waals surface area (Å²) in [7, 11) is 1.70. The molecule has 0 aromatic heterocycles. The number of ether oxygens (including phenoxy) is 3. The van der Waals surface area contributed by atoms with Crippen LogP contribution in [0, 0.1) is 0 Å². The number of benzene rings is 1. The number of rotatable bonds is 4. The Hall–Kier alpha value is -1.26. The molecule has 104 valence electrons. The lowest BCUT2D eigenvalue weighted by atomic mass is 9.97. The molecule has 2 saturated heterocycles. The molecule has 1 aromatic carbocycles. The fourth-order valence-corrected chi connectivity index (χ4v) is 2.83. The molecule has 2 fully saturated rings. The molecule has 0 bridgehead atoms. The Balaban J connectivity index is 1.88. The zero-order chi connectivity index (χ0) is 13.1. The van der Waals surface area contributed by atoms with Gasteiger partial charge in [-0.1, -0.05) is 12.1 Å². The molecule has 2 unspecified atom stereocenters. The van der Waals surface area contributed by atoms with E-state index in [0.29, 0.717) is 12.5 Å². The van der Waals surface area contributed by atoms with E-state index in [1.807, 2.05) is 12.1 Å². The lowest BCUT2D eigenvalue weighted by molar-refractivity contribution is 0.137. The van der Waals surface area contributed by atoms with Crippen molar-refractivity contribution in [1.29, 1.82) is 0 Å². The summed E-state index contributed by atoms with van der Waals surface area (Å²) in [5.74, 6) is 2.26. The zero-order valence-electron chi connectivity index (χ0n) is 11.4. The molecule has 2 heterocycles. The van der Waals surface area contributed by atoms with Gasteiger partial charge in [-0.15, -0.1) is 0 Å². The molecule has 3 rings (SSSR count). The van der Waals surface area contributed by atoms with Gasteiger partial charge >= 0.3 is 0 Å². The number of para-hydroxylation sites is 1. The van der Waals surface area contributed by atoms with E-state index in [4.69, 9.17) is 14.2 Å². The average Bonchev–Trinajstić information content (AvgIpc) is 3.11. The van der Waals surface area contributed by atoms with E-state index in [-0.39, 0.29) is 6.10 Å². The topological polar surface area (TPSA) is 39.7 Å². The molecular weight excluding hydrogens is 242 g/mol. The molecular formula is C15H21NO3. The summed E-state index contributed by atoms with van der Waals surface area (Å²) in [5, 5.41) is 3.41. The summed E-state index contributed by atoms with van der Waals surface area (Å²) in [5.41, 5.74) is 1.26. The Morgan fingerprint density at radius 3 is 2.95 bits per heavy atom. The third-order valence-electron chi connectivity index (χ3n) is 3.90. The van der Waals surface area contributed by atoms with Crippen LogP contribution in [0.1, 0.15) is 24.3 Å². The monoisotopic (exact) mass is 263 g/mol. The van der Waals surface area contributed by atoms with Gasteiger partial charge in [0, 0.05) is 24.4 Å². The Morgan fingerprint density at radius 1 is 1.32 bits per heavy atom. The highest BCUT2D eigenvalue weighted by molar-refractivity contribution is 5.49. The SMILES string of the molecule is COc1cccc(C2CCNC2)c1OC1CCOC1. The first-order valence-corrected chi connectivity index (χ1v) is 7.00. The first-order chi connectivity index (χ1) is 9.38. The van der Waals surface area contributed by atoms with E-state index in [1.165, 1.54) is 5.56 Å². The molecule has 0 saturated carbocycles. The highest BCUT2D eigenvalue weighted by Gasteiger charge is 2.26. The highest BCUT2D eigenvalue weighted by atomic mass is 16.6. The lowest BCUT2D eigenvalue weighted by Crippen LogP contribution is -2.18. The molecule has 2 atom stereocenters. The van der Waals surface area contributed by atoms with Crippen LogP contribution >= 0.6 is 0 Å². The maximum atomic E-state index is 6.16. The number of methoxy groups -OCH3 is 1. The van der Waals surface area contributed by atoms with Crippen LogP contribution in [0.4, 0.5) is 0 Å². The first-order valence-electron chi connectivity index (χ1n) is 7.00. The molecule has 2 aliphatic heterocycles. The third-order valence-corrected chi connectivity index (χ3v) is 3.90. The van der Waals surface area contributed by atoms with Gasteiger partial charge in [0.05, 0.1) is 20.3 Å². The summed E-state index contributed by atoms with van der Waals surface area (Å²) >= 11 is 0. The summed E-state index contributed by atoms with van der Waals surface area (Å²) < 4.78 is 17.0. The van der Waals surface area contributed by atoms with Crippen molar-refractivity contribution in [3.8, 4) is 11.5 Å². The molecule has 1 aromatic rings. The van der Waals surface area contributed by atoms with Crippen molar-refractivity contribution >= 4 is 0 Å². The minimum atomic E-state index is 0.157. The minimum absolute atomic E-state index is 0.157. The Labute approximate surface area is 114 Å². The van der Waals surface area contributed by atoms with Crippen molar-refractivity contribution in [2.24, 2.45) is 0 Å². The molecule has 2 aliphatic rings. The van der Waals surface area contributed by atoms with Crippen LogP contribution in [0.5, 0.6) is 11.5 Å². The van der Waals surface area contributed by atoms with Gasteiger partial charge < -0.3 is 19.5 Å². The fraction of sp³-hybridized carbons (Fsp3) is 0.600. The van der Waals surface area contributed by atoms with Crippen molar-refractivity contribution in [2.75, 3.05) is 33.4 Å². The largest absolute Gasteiger partial charge is 0.493 e. The maximum absolute atomic E-state index is 6.16. The van der Waals surface area contributed by atoms with Crippen LogP contribution in [-0.4, -0.2) is 39.5 Å². The molecule has 1 N–H and O–H groups in total. The van der Waals surface area contributed by atoms with Crippen LogP contribution in [0.2, 0.25) is 0 Å². The van der Waals surface area contributed by atoms with Crippen LogP contribution in [0.25, 0.3) is 0 Å². The van der Waals surface area contributed by atoms with Gasteiger partial charge in [-0.25, -0.2) is 0 Å². The lowest BCUT2D eigenvalue weighted by Gasteiger charge is -2.21. The predicted octanol–water partition coefficient (Wildman–Crippen LogP) is 1.94. The maximum Gasteiger partial charge on any atom is 0.165 e. The standard InChI is InChI=1S/C15H21NO3/c1-17-14-4-2-3-13(11-5-7-16-9-11)15(14)19-12-6-8-18-10-12/h2-4,11-12,16H,5-10H2,1H3. The first kappa shape index (κ1) is 12.8. The third kappa shape index (κ3) is 2.69. The second-order valence-corrected chi connectivity index (χ2v) is 5.17. The second-order valence-electron chi connectivity index (χ2n) is 5.17. The number of hydrogen-bond acceptors (Lipinski definition) is 4. The van der Waals surface area contributed by atoms with Gasteiger partial charge in [-0.05, 0) is 19.0 Å². The van der Waals surface area contributed by atoms with Crippen molar-refractivity contribution in [3.05, 3.63) is 23.8 Å². The van der Waals surface area contributed by atoms with Gasteiger partial charge in [-0.2, -0.15) is 0 Å². The van der Waals surface area contributed by atoms with Gasteiger partial charge in [0.1, 0.15) is 6.10 Å². The van der Waals surface area contributed by atoms with Crippen molar-refractivity contribution in [2.45, 2.75) is 24.9 Å². The van der Waals surface area contributed by atoms with Crippen LogP contribution in [0.3, 0.4) is 0 Å². The van der Waals surface area contributed by atoms with Crippen LogP contribution < -0.4 is 14.8 Å². The molecule has 4 heteroatoms. The van der Waals surface area contributed by atoms with E-state index in [1.54, 1.807) is 7.11 Å². The average molecular weight is 263 g/mol. The summed E-state index contributed by atoms with van der Waals surface area (Å²) in [6.45, 7) is 3.57. The van der Waals surface area contributed by atoms with Gasteiger partial charge in [0.2, 0.25) is 0 Å². The molecule has 0 spiro atoms. The van der Waals surface area contributed by atoms with Crippen LogP contribution in [-0.2, 0) is 4.74 Å². The van der Waals surface area contributed by atoms with Crippen molar-refractivity contribution < 1.29 is 14.2 Å². The molecule has 0 amide bonds. The van der Waals surface area contributed by atoms with E-state index >= 15 is 0 Å². The normalized spacial score (nSPS) is 26.6. The summed E-state index contributed by atoms with van der Waals surface area (Å²) in [6, 6.07) is 6.17. The van der Waals surface area contributed by atoms with E-state index in [2.05, 4.69) is 11.4 Å². The molecule has 0 radical (unpaired) electrons. The van der Waals surface area contributed by atoms with Gasteiger partial charge in [0.25, 0.3) is 0 Å². The Morgan fingerprint density at radius 2 is 2.26 bits per heavy atom. The van der Waals surface area contributed by atoms with E-state index in [9.17, 15) is 0 Å². The van der Waals surface area contributed by atoms with Crippen molar-refractivity contribution in [3.63, 3.8) is 0 Å². The second kappa shape index (κ2) is 5.80. The molecule has 0 aliphatic carbocycles. The molecule has 4 nitrogen and oxygen atoms in total. The van der Waals surface area contributed by atoms with Crippen molar-refractivity contribution in [1.82, 2.24) is 5.32 Å². The minimum Gasteiger partial charge on any atom is -0.493 e. The Bertz CT molecular complexity index is 423. The zero-order valence-corrected chi connectivity index (χ0v) is 11.4. The van der Waals surface area contributed by atoms with Gasteiger partial charge in [-0.3, -0.25) is 0 Å². The van der Waals surface area contributed by atoms with Gasteiger partial charge in [0.15, 0.2) is 11.5 Å². The number of nitrogens with one attached hydrogen (secondary N) is 1. The van der Waals surface area contributed by atoms with Crippen LogP contribution in [0.15, 0.2) is 18.2 Å². The van der Waals surface area contributed by atoms with E-state index < -0.39 is 0 Å². The number of hydrogen-bond donors (Lipinski definition) is 1. The quantitative estimate of drug-likeness (QED) is 0.901. The summed E-state index contributed by atoms with van der Waals surface area (Å²) in [4.78, 5) is 0. The smallest absolute Gasteiger partial charge is 0.165 e. The summed E-state index contributed by atoms with van der Waals surface area (Å²) in [6.07, 6.45) is 2.27. The van der Waals surface area contributed by atoms with E-state index in [0.717, 1.165) is 44.0 Å². The predicted molar refractivity (Wildman–Crippen MR) is 73.1 cm³/mol.